The lowest BCUT2D eigenvalue weighted by Gasteiger charge is -2.07. The van der Waals surface area contributed by atoms with Gasteiger partial charge in [0.2, 0.25) is 0 Å². The normalized spacial score (nSPS) is 12.5. The molecular weight excluding hydrogens is 204 g/mol. The van der Waals surface area contributed by atoms with Crippen molar-refractivity contribution in [2.24, 2.45) is 0 Å². The first-order valence-corrected chi connectivity index (χ1v) is 4.70. The van der Waals surface area contributed by atoms with E-state index in [0.29, 0.717) is 5.82 Å². The number of hydrogen-bond donors (Lipinski definition) is 1. The highest BCUT2D eigenvalue weighted by Gasteiger charge is 2.12. The second-order valence-electron chi connectivity index (χ2n) is 3.05. The SMILES string of the molecule is CCC(C)c1nc(Cl)cc(C(=O)O)n1. The first kappa shape index (κ1) is 10.9. The second kappa shape index (κ2) is 4.37. The summed E-state index contributed by atoms with van der Waals surface area (Å²) in [7, 11) is 0. The molecule has 0 fully saturated rings. The van der Waals surface area contributed by atoms with Crippen LogP contribution in [-0.4, -0.2) is 21.0 Å². The number of rotatable bonds is 3. The minimum Gasteiger partial charge on any atom is -0.477 e. The van der Waals surface area contributed by atoms with Gasteiger partial charge in [-0.05, 0) is 6.42 Å². The molecule has 0 saturated carbocycles. The maximum atomic E-state index is 10.7. The van der Waals surface area contributed by atoms with Gasteiger partial charge in [-0.25, -0.2) is 14.8 Å². The Hall–Kier alpha value is -1.16. The standard InChI is InChI=1S/C9H11ClN2O2/c1-3-5(2)8-11-6(9(13)14)4-7(10)12-8/h4-5H,3H2,1-2H3,(H,13,14). The monoisotopic (exact) mass is 214 g/mol. The maximum absolute atomic E-state index is 10.7. The molecule has 0 aliphatic carbocycles. The summed E-state index contributed by atoms with van der Waals surface area (Å²) in [4.78, 5) is 18.6. The van der Waals surface area contributed by atoms with E-state index < -0.39 is 5.97 Å². The number of aromatic nitrogens is 2. The van der Waals surface area contributed by atoms with Crippen molar-refractivity contribution in [3.63, 3.8) is 0 Å². The summed E-state index contributed by atoms with van der Waals surface area (Å²) in [5, 5.41) is 8.91. The third kappa shape index (κ3) is 2.42. The Labute approximate surface area is 87.0 Å². The van der Waals surface area contributed by atoms with E-state index in [2.05, 4.69) is 9.97 Å². The molecule has 0 spiro atoms. The Bertz CT molecular complexity index is 355. The van der Waals surface area contributed by atoms with E-state index in [4.69, 9.17) is 16.7 Å². The van der Waals surface area contributed by atoms with Gasteiger partial charge in [-0.3, -0.25) is 0 Å². The smallest absolute Gasteiger partial charge is 0.354 e. The number of nitrogens with zero attached hydrogens (tertiary/aromatic N) is 2. The Morgan fingerprint density at radius 3 is 2.79 bits per heavy atom. The van der Waals surface area contributed by atoms with Crippen LogP contribution in [0.2, 0.25) is 5.15 Å². The summed E-state index contributed by atoms with van der Waals surface area (Å²) < 4.78 is 0. The van der Waals surface area contributed by atoms with E-state index in [-0.39, 0.29) is 16.8 Å². The molecule has 0 radical (unpaired) electrons. The van der Waals surface area contributed by atoms with Crippen LogP contribution in [0.25, 0.3) is 0 Å². The van der Waals surface area contributed by atoms with Crippen LogP contribution in [-0.2, 0) is 0 Å². The molecule has 0 aliphatic rings. The molecule has 0 amide bonds. The molecule has 1 heterocycles. The molecule has 1 rings (SSSR count). The minimum absolute atomic E-state index is 0.0553. The summed E-state index contributed by atoms with van der Waals surface area (Å²) in [5.41, 5.74) is -0.0553. The highest BCUT2D eigenvalue weighted by Crippen LogP contribution is 2.17. The summed E-state index contributed by atoms with van der Waals surface area (Å²) in [6, 6.07) is 1.25. The highest BCUT2D eigenvalue weighted by molar-refractivity contribution is 6.29. The average molecular weight is 215 g/mol. The van der Waals surface area contributed by atoms with Crippen molar-refractivity contribution in [3.8, 4) is 0 Å². The molecule has 1 N–H and O–H groups in total. The van der Waals surface area contributed by atoms with Gasteiger partial charge in [0.05, 0.1) is 0 Å². The van der Waals surface area contributed by atoms with Crippen molar-refractivity contribution in [1.29, 1.82) is 0 Å². The van der Waals surface area contributed by atoms with Crippen LogP contribution in [0, 0.1) is 0 Å². The van der Waals surface area contributed by atoms with Crippen LogP contribution in [0.5, 0.6) is 0 Å². The lowest BCUT2D eigenvalue weighted by Crippen LogP contribution is -2.07. The molecular formula is C9H11ClN2O2. The average Bonchev–Trinajstić information content (AvgIpc) is 2.15. The van der Waals surface area contributed by atoms with Crippen LogP contribution in [0.1, 0.15) is 42.5 Å². The first-order chi connectivity index (χ1) is 6.54. The van der Waals surface area contributed by atoms with Crippen molar-refractivity contribution in [1.82, 2.24) is 9.97 Å². The zero-order valence-electron chi connectivity index (χ0n) is 7.99. The predicted molar refractivity (Wildman–Crippen MR) is 52.7 cm³/mol. The van der Waals surface area contributed by atoms with E-state index in [1.807, 2.05) is 13.8 Å². The van der Waals surface area contributed by atoms with Gasteiger partial charge in [-0.2, -0.15) is 0 Å². The highest BCUT2D eigenvalue weighted by atomic mass is 35.5. The fourth-order valence-electron chi connectivity index (χ4n) is 0.948. The summed E-state index contributed by atoms with van der Waals surface area (Å²) in [5.74, 6) is -0.483. The van der Waals surface area contributed by atoms with Crippen molar-refractivity contribution < 1.29 is 9.90 Å². The zero-order chi connectivity index (χ0) is 10.7. The summed E-state index contributed by atoms with van der Waals surface area (Å²) >= 11 is 5.68. The Kier molecular flexibility index (Phi) is 3.41. The van der Waals surface area contributed by atoms with Gasteiger partial charge in [0.25, 0.3) is 0 Å². The lowest BCUT2D eigenvalue weighted by molar-refractivity contribution is 0.0690. The van der Waals surface area contributed by atoms with Crippen molar-refractivity contribution >= 4 is 17.6 Å². The fourth-order valence-corrected chi connectivity index (χ4v) is 1.14. The van der Waals surface area contributed by atoms with Crippen molar-refractivity contribution in [2.45, 2.75) is 26.2 Å². The second-order valence-corrected chi connectivity index (χ2v) is 3.44. The molecule has 76 valence electrons. The zero-order valence-corrected chi connectivity index (χ0v) is 8.75. The van der Waals surface area contributed by atoms with Gasteiger partial charge >= 0.3 is 5.97 Å². The molecule has 1 aromatic heterocycles. The van der Waals surface area contributed by atoms with Gasteiger partial charge in [-0.1, -0.05) is 25.4 Å². The molecule has 0 bridgehead atoms. The molecule has 5 heteroatoms. The van der Waals surface area contributed by atoms with Crippen LogP contribution < -0.4 is 0 Å². The van der Waals surface area contributed by atoms with Gasteiger partial charge in [0.1, 0.15) is 11.0 Å². The van der Waals surface area contributed by atoms with Crippen LogP contribution >= 0.6 is 11.6 Å². The van der Waals surface area contributed by atoms with Gasteiger partial charge in [0, 0.05) is 12.0 Å². The first-order valence-electron chi connectivity index (χ1n) is 4.32. The molecule has 14 heavy (non-hydrogen) atoms. The van der Waals surface area contributed by atoms with Gasteiger partial charge < -0.3 is 5.11 Å². The van der Waals surface area contributed by atoms with E-state index in [1.54, 1.807) is 0 Å². The number of carbonyl (C=O) groups is 1. The Morgan fingerprint density at radius 2 is 2.29 bits per heavy atom. The largest absolute Gasteiger partial charge is 0.477 e. The number of halogens is 1. The minimum atomic E-state index is -1.08. The molecule has 1 unspecified atom stereocenters. The predicted octanol–water partition coefficient (Wildman–Crippen LogP) is 2.34. The maximum Gasteiger partial charge on any atom is 0.354 e. The van der Waals surface area contributed by atoms with E-state index in [0.717, 1.165) is 6.42 Å². The van der Waals surface area contributed by atoms with Crippen LogP contribution in [0.15, 0.2) is 6.07 Å². The van der Waals surface area contributed by atoms with E-state index >= 15 is 0 Å². The number of hydrogen-bond acceptors (Lipinski definition) is 3. The lowest BCUT2D eigenvalue weighted by atomic mass is 10.1. The number of aromatic carboxylic acids is 1. The molecule has 0 saturated heterocycles. The summed E-state index contributed by atoms with van der Waals surface area (Å²) in [6.45, 7) is 3.91. The third-order valence-corrected chi connectivity index (χ3v) is 2.18. The molecule has 0 aromatic carbocycles. The topological polar surface area (TPSA) is 63.1 Å². The van der Waals surface area contributed by atoms with Crippen molar-refractivity contribution in [3.05, 3.63) is 22.7 Å². The molecule has 0 aliphatic heterocycles. The fraction of sp³-hybridized carbons (Fsp3) is 0.444. The molecule has 4 nitrogen and oxygen atoms in total. The quantitative estimate of drug-likeness (QED) is 0.785. The van der Waals surface area contributed by atoms with Crippen LogP contribution in [0.3, 0.4) is 0 Å². The van der Waals surface area contributed by atoms with Gasteiger partial charge in [0.15, 0.2) is 5.69 Å². The Morgan fingerprint density at radius 1 is 1.64 bits per heavy atom. The van der Waals surface area contributed by atoms with E-state index in [9.17, 15) is 4.79 Å². The number of carboxylic acid groups (broad SMARTS) is 1. The Balaban J connectivity index is 3.13. The van der Waals surface area contributed by atoms with Gasteiger partial charge in [-0.15, -0.1) is 0 Å². The third-order valence-electron chi connectivity index (χ3n) is 1.98. The number of carboxylic acids is 1. The van der Waals surface area contributed by atoms with Crippen LogP contribution in [0.4, 0.5) is 0 Å². The van der Waals surface area contributed by atoms with Crippen molar-refractivity contribution in [2.75, 3.05) is 0 Å². The summed E-state index contributed by atoms with van der Waals surface area (Å²) in [6.07, 6.45) is 0.847. The molecule has 1 atom stereocenters. The van der Waals surface area contributed by atoms with E-state index in [1.165, 1.54) is 6.07 Å². The molecule has 1 aromatic rings.